The molecule has 1 aromatic carbocycles. The van der Waals surface area contributed by atoms with Crippen LogP contribution in [-0.2, 0) is 10.0 Å². The number of nitrogens with zero attached hydrogens (tertiary/aromatic N) is 1. The van der Waals surface area contributed by atoms with E-state index in [1.54, 1.807) is 25.4 Å². The van der Waals surface area contributed by atoms with E-state index in [9.17, 15) is 8.42 Å². The number of hydrogen-bond acceptors (Lipinski definition) is 5. The van der Waals surface area contributed by atoms with Gasteiger partial charge in [-0.3, -0.25) is 4.72 Å². The van der Waals surface area contributed by atoms with Crippen LogP contribution >= 0.6 is 27.3 Å². The Bertz CT molecular complexity index is 637. The third kappa shape index (κ3) is 3.01. The van der Waals surface area contributed by atoms with Gasteiger partial charge >= 0.3 is 0 Å². The van der Waals surface area contributed by atoms with Crippen LogP contribution in [0.2, 0.25) is 0 Å². The van der Waals surface area contributed by atoms with Crippen molar-refractivity contribution in [1.29, 1.82) is 0 Å². The van der Waals surface area contributed by atoms with Gasteiger partial charge in [0.05, 0.1) is 14.9 Å². The van der Waals surface area contributed by atoms with Gasteiger partial charge in [-0.05, 0) is 40.2 Å². The number of sulfonamides is 1. The van der Waals surface area contributed by atoms with E-state index < -0.39 is 10.0 Å². The fraction of sp³-hybridized carbons (Fsp3) is 0.100. The zero-order valence-electron chi connectivity index (χ0n) is 9.34. The first-order valence-corrected chi connectivity index (χ1v) is 8.02. The molecular formula is C10H10BrN3O2S2. The molecule has 0 saturated heterocycles. The van der Waals surface area contributed by atoms with Crippen molar-refractivity contribution in [2.75, 3.05) is 17.1 Å². The number of nitrogens with one attached hydrogen (secondary N) is 2. The molecule has 0 bridgehead atoms. The summed E-state index contributed by atoms with van der Waals surface area (Å²) >= 11 is 4.45. The molecule has 0 aliphatic heterocycles. The first kappa shape index (κ1) is 13.3. The molecule has 0 aliphatic carbocycles. The summed E-state index contributed by atoms with van der Waals surface area (Å²) in [6, 6.07) is 6.48. The molecule has 5 nitrogen and oxygen atoms in total. The van der Waals surface area contributed by atoms with Crippen LogP contribution in [-0.4, -0.2) is 20.4 Å². The minimum atomic E-state index is -3.58. The molecule has 0 saturated carbocycles. The van der Waals surface area contributed by atoms with Crippen molar-refractivity contribution in [3.05, 3.63) is 34.2 Å². The molecule has 1 heterocycles. The smallest absolute Gasteiger partial charge is 0.263 e. The fourth-order valence-corrected chi connectivity index (χ4v) is 3.62. The van der Waals surface area contributed by atoms with Crippen molar-refractivity contribution in [3.63, 3.8) is 0 Å². The normalized spacial score (nSPS) is 11.2. The van der Waals surface area contributed by atoms with Gasteiger partial charge in [-0.2, -0.15) is 0 Å². The van der Waals surface area contributed by atoms with Gasteiger partial charge in [-0.15, -0.1) is 0 Å². The lowest BCUT2D eigenvalue weighted by Gasteiger charge is -2.06. The summed E-state index contributed by atoms with van der Waals surface area (Å²) in [4.78, 5) is 4.13. The predicted octanol–water partition coefficient (Wildman–Crippen LogP) is 2.75. The van der Waals surface area contributed by atoms with Gasteiger partial charge in [0, 0.05) is 12.7 Å². The molecule has 2 aromatic rings. The number of thiazole rings is 1. The van der Waals surface area contributed by atoms with Crippen LogP contribution in [0.3, 0.4) is 0 Å². The fourth-order valence-electron chi connectivity index (χ4n) is 1.28. The number of halogens is 1. The number of hydrogen-bond donors (Lipinski definition) is 2. The molecule has 8 heteroatoms. The Labute approximate surface area is 117 Å². The molecule has 0 fully saturated rings. The number of rotatable bonds is 4. The van der Waals surface area contributed by atoms with Gasteiger partial charge in [-0.1, -0.05) is 11.3 Å². The summed E-state index contributed by atoms with van der Waals surface area (Å²) in [5, 5.41) is 3.26. The maximum Gasteiger partial charge on any atom is 0.263 e. The van der Waals surface area contributed by atoms with E-state index in [1.165, 1.54) is 23.5 Å². The topological polar surface area (TPSA) is 71.1 Å². The van der Waals surface area contributed by atoms with Gasteiger partial charge in [0.15, 0.2) is 5.13 Å². The van der Waals surface area contributed by atoms with Gasteiger partial charge in [0.25, 0.3) is 10.0 Å². The second-order valence-electron chi connectivity index (χ2n) is 3.35. The van der Waals surface area contributed by atoms with Gasteiger partial charge < -0.3 is 5.32 Å². The van der Waals surface area contributed by atoms with Crippen molar-refractivity contribution in [2.24, 2.45) is 0 Å². The van der Waals surface area contributed by atoms with Crippen molar-refractivity contribution in [1.82, 2.24) is 4.98 Å². The molecular weight excluding hydrogens is 338 g/mol. The maximum atomic E-state index is 12.0. The monoisotopic (exact) mass is 347 g/mol. The Morgan fingerprint density at radius 2 is 1.94 bits per heavy atom. The first-order valence-electron chi connectivity index (χ1n) is 4.93. The molecule has 0 atom stereocenters. The molecule has 2 rings (SSSR count). The van der Waals surface area contributed by atoms with E-state index in [0.717, 1.165) is 9.47 Å². The highest BCUT2D eigenvalue weighted by Gasteiger charge is 2.15. The second-order valence-corrected chi connectivity index (χ2v) is 7.44. The zero-order valence-corrected chi connectivity index (χ0v) is 12.6. The average Bonchev–Trinajstić information content (AvgIpc) is 2.74. The van der Waals surface area contributed by atoms with E-state index in [4.69, 9.17) is 0 Å². The predicted molar refractivity (Wildman–Crippen MR) is 76.6 cm³/mol. The van der Waals surface area contributed by atoms with E-state index in [0.29, 0.717) is 5.13 Å². The highest BCUT2D eigenvalue weighted by atomic mass is 79.9. The molecule has 0 amide bonds. The lowest BCUT2D eigenvalue weighted by Crippen LogP contribution is -2.12. The van der Waals surface area contributed by atoms with E-state index >= 15 is 0 Å². The molecule has 1 aromatic heterocycles. The summed E-state index contributed by atoms with van der Waals surface area (Å²) in [6.45, 7) is 0. The van der Waals surface area contributed by atoms with Crippen LogP contribution < -0.4 is 10.0 Å². The zero-order chi connectivity index (χ0) is 13.2. The number of aromatic nitrogens is 1. The van der Waals surface area contributed by atoms with Gasteiger partial charge in [0.1, 0.15) is 0 Å². The van der Waals surface area contributed by atoms with Crippen molar-refractivity contribution < 1.29 is 8.42 Å². The second kappa shape index (κ2) is 5.25. The molecule has 0 radical (unpaired) electrons. The van der Waals surface area contributed by atoms with Gasteiger partial charge in [-0.25, -0.2) is 13.4 Å². The maximum absolute atomic E-state index is 12.0. The molecule has 96 valence electrons. The summed E-state index contributed by atoms with van der Waals surface area (Å²) in [7, 11) is -1.80. The first-order chi connectivity index (χ1) is 8.51. The van der Waals surface area contributed by atoms with Crippen LogP contribution in [0.5, 0.6) is 0 Å². The molecule has 18 heavy (non-hydrogen) atoms. The minimum absolute atomic E-state index is 0.202. The molecule has 2 N–H and O–H groups in total. The lowest BCUT2D eigenvalue weighted by atomic mass is 10.3. The van der Waals surface area contributed by atoms with Crippen molar-refractivity contribution in [3.8, 4) is 0 Å². The van der Waals surface area contributed by atoms with Crippen LogP contribution in [0, 0.1) is 0 Å². The molecule has 0 aliphatic rings. The van der Waals surface area contributed by atoms with Gasteiger partial charge in [0.2, 0.25) is 0 Å². The summed E-state index contributed by atoms with van der Waals surface area (Å²) in [5.74, 6) is 0. The highest BCUT2D eigenvalue weighted by Crippen LogP contribution is 2.25. The van der Waals surface area contributed by atoms with Crippen molar-refractivity contribution in [2.45, 2.75) is 4.90 Å². The number of anilines is 2. The summed E-state index contributed by atoms with van der Waals surface area (Å²) in [6.07, 6.45) is 1.55. The standard InChI is InChI=1S/C10H10BrN3O2S2/c1-12-7-2-4-8(5-3-7)18(15,16)14-10-13-6-9(11)17-10/h2-6,12H,1H3,(H,13,14). The third-order valence-electron chi connectivity index (χ3n) is 2.15. The van der Waals surface area contributed by atoms with Crippen LogP contribution in [0.1, 0.15) is 0 Å². The summed E-state index contributed by atoms with van der Waals surface area (Å²) in [5.41, 5.74) is 0.853. The largest absolute Gasteiger partial charge is 0.388 e. The van der Waals surface area contributed by atoms with E-state index in [-0.39, 0.29) is 4.90 Å². The third-order valence-corrected chi connectivity index (χ3v) is 5.03. The Balaban J connectivity index is 2.24. The quantitative estimate of drug-likeness (QED) is 0.891. The minimum Gasteiger partial charge on any atom is -0.388 e. The Kier molecular flexibility index (Phi) is 3.88. The SMILES string of the molecule is CNc1ccc(S(=O)(=O)Nc2ncc(Br)s2)cc1. The van der Waals surface area contributed by atoms with Crippen molar-refractivity contribution >= 4 is 48.1 Å². The Morgan fingerprint density at radius 1 is 1.28 bits per heavy atom. The average molecular weight is 348 g/mol. The van der Waals surface area contributed by atoms with Crippen LogP contribution in [0.25, 0.3) is 0 Å². The van der Waals surface area contributed by atoms with Crippen LogP contribution in [0.15, 0.2) is 39.1 Å². The molecule has 0 spiro atoms. The number of benzene rings is 1. The highest BCUT2D eigenvalue weighted by molar-refractivity contribution is 9.11. The Morgan fingerprint density at radius 3 is 2.44 bits per heavy atom. The lowest BCUT2D eigenvalue weighted by molar-refractivity contribution is 0.601. The van der Waals surface area contributed by atoms with E-state index in [2.05, 4.69) is 31.0 Å². The Hall–Kier alpha value is -1.12. The van der Waals surface area contributed by atoms with E-state index in [1.807, 2.05) is 0 Å². The summed E-state index contributed by atoms with van der Waals surface area (Å²) < 4.78 is 27.3. The molecule has 0 unspecified atom stereocenters. The van der Waals surface area contributed by atoms with Crippen LogP contribution in [0.4, 0.5) is 10.8 Å².